The third-order valence-corrected chi connectivity index (χ3v) is 2.91. The number of aromatic hydroxyl groups is 1. The Morgan fingerprint density at radius 1 is 1.37 bits per heavy atom. The van der Waals surface area contributed by atoms with Crippen molar-refractivity contribution in [2.75, 3.05) is 13.7 Å². The van der Waals surface area contributed by atoms with E-state index in [1.807, 2.05) is 16.7 Å². The van der Waals surface area contributed by atoms with E-state index in [1.165, 1.54) is 0 Å². The lowest BCUT2D eigenvalue weighted by Crippen LogP contribution is -2.20. The van der Waals surface area contributed by atoms with E-state index in [9.17, 15) is 5.11 Å². The van der Waals surface area contributed by atoms with Crippen LogP contribution < -0.4 is 5.73 Å². The van der Waals surface area contributed by atoms with Crippen molar-refractivity contribution in [2.45, 2.75) is 19.0 Å². The zero-order valence-electron chi connectivity index (χ0n) is 10.9. The van der Waals surface area contributed by atoms with Crippen LogP contribution in [0.25, 0.3) is 0 Å². The summed E-state index contributed by atoms with van der Waals surface area (Å²) < 4.78 is 6.93. The molecule has 2 rings (SSSR count). The molecule has 0 fully saturated rings. The molecule has 0 spiro atoms. The van der Waals surface area contributed by atoms with Gasteiger partial charge in [0.25, 0.3) is 0 Å². The maximum atomic E-state index is 9.24. The summed E-state index contributed by atoms with van der Waals surface area (Å²) in [5, 5.41) is 17.2. The summed E-state index contributed by atoms with van der Waals surface area (Å²) in [5.41, 5.74) is 7.20. The molecule has 2 aromatic rings. The highest BCUT2D eigenvalue weighted by atomic mass is 16.5. The number of hydrogen-bond donors (Lipinski definition) is 2. The summed E-state index contributed by atoms with van der Waals surface area (Å²) in [7, 11) is 1.65. The molecule has 0 unspecified atom stereocenters. The number of phenolic OH excluding ortho intramolecular Hbond substituents is 1. The van der Waals surface area contributed by atoms with Crippen molar-refractivity contribution in [3.05, 3.63) is 42.0 Å². The van der Waals surface area contributed by atoms with Gasteiger partial charge in [-0.2, -0.15) is 0 Å². The molecule has 1 aromatic heterocycles. The van der Waals surface area contributed by atoms with E-state index >= 15 is 0 Å². The summed E-state index contributed by atoms with van der Waals surface area (Å²) in [6, 6.07) is 6.77. The molecule has 102 valence electrons. The van der Waals surface area contributed by atoms with Crippen LogP contribution in [0.1, 0.15) is 17.4 Å². The van der Waals surface area contributed by atoms with Gasteiger partial charge in [-0.15, -0.1) is 10.2 Å². The number of nitrogens with two attached hydrogens (primary N) is 1. The molecule has 0 saturated carbocycles. The molecule has 1 atom stereocenters. The first-order valence-electron chi connectivity index (χ1n) is 6.11. The van der Waals surface area contributed by atoms with Gasteiger partial charge in [-0.1, -0.05) is 12.1 Å². The Balaban J connectivity index is 2.05. The molecule has 0 aliphatic heterocycles. The number of rotatable bonds is 6. The van der Waals surface area contributed by atoms with E-state index in [4.69, 9.17) is 10.5 Å². The zero-order chi connectivity index (χ0) is 13.7. The van der Waals surface area contributed by atoms with E-state index in [-0.39, 0.29) is 11.8 Å². The third kappa shape index (κ3) is 3.52. The van der Waals surface area contributed by atoms with Crippen molar-refractivity contribution in [1.29, 1.82) is 0 Å². The van der Waals surface area contributed by atoms with Crippen molar-refractivity contribution in [1.82, 2.24) is 14.8 Å². The predicted molar refractivity (Wildman–Crippen MR) is 70.6 cm³/mol. The standard InChI is InChI=1S/C13H18N4O2/c1-19-7-6-17-9-15-16-13(17)12(14)8-10-2-4-11(18)5-3-10/h2-5,9,12,18H,6-8,14H2,1H3/t12-/m1/s1. The summed E-state index contributed by atoms with van der Waals surface area (Å²) in [5.74, 6) is 0.991. The molecule has 0 aliphatic rings. The molecular weight excluding hydrogens is 244 g/mol. The second-order valence-corrected chi connectivity index (χ2v) is 4.35. The van der Waals surface area contributed by atoms with E-state index in [0.29, 0.717) is 19.6 Å². The largest absolute Gasteiger partial charge is 0.508 e. The van der Waals surface area contributed by atoms with Gasteiger partial charge < -0.3 is 20.1 Å². The van der Waals surface area contributed by atoms with Gasteiger partial charge in [0.1, 0.15) is 17.9 Å². The van der Waals surface area contributed by atoms with Crippen LogP contribution in [0.15, 0.2) is 30.6 Å². The fourth-order valence-electron chi connectivity index (χ4n) is 1.89. The van der Waals surface area contributed by atoms with Gasteiger partial charge in [0.15, 0.2) is 0 Å². The fraction of sp³-hybridized carbons (Fsp3) is 0.385. The summed E-state index contributed by atoms with van der Waals surface area (Å²) in [6.45, 7) is 1.28. The van der Waals surface area contributed by atoms with E-state index in [1.54, 1.807) is 25.6 Å². The zero-order valence-corrected chi connectivity index (χ0v) is 10.9. The van der Waals surface area contributed by atoms with Gasteiger partial charge >= 0.3 is 0 Å². The van der Waals surface area contributed by atoms with Crippen molar-refractivity contribution in [3.63, 3.8) is 0 Å². The van der Waals surface area contributed by atoms with Crippen molar-refractivity contribution >= 4 is 0 Å². The van der Waals surface area contributed by atoms with Gasteiger partial charge in [0.05, 0.1) is 12.6 Å². The number of phenols is 1. The van der Waals surface area contributed by atoms with Crippen molar-refractivity contribution in [2.24, 2.45) is 5.73 Å². The van der Waals surface area contributed by atoms with Crippen LogP contribution in [-0.2, 0) is 17.7 Å². The van der Waals surface area contributed by atoms with Crippen LogP contribution in [0, 0.1) is 0 Å². The molecule has 19 heavy (non-hydrogen) atoms. The summed E-state index contributed by atoms with van der Waals surface area (Å²) in [6.07, 6.45) is 2.30. The third-order valence-electron chi connectivity index (χ3n) is 2.91. The molecule has 6 nitrogen and oxygen atoms in total. The molecule has 1 heterocycles. The Kier molecular flexibility index (Phi) is 4.48. The number of methoxy groups -OCH3 is 1. The lowest BCUT2D eigenvalue weighted by Gasteiger charge is -2.13. The van der Waals surface area contributed by atoms with Crippen molar-refractivity contribution in [3.8, 4) is 5.75 Å². The molecule has 1 aromatic carbocycles. The second-order valence-electron chi connectivity index (χ2n) is 4.35. The minimum atomic E-state index is -0.233. The topological polar surface area (TPSA) is 86.2 Å². The first kappa shape index (κ1) is 13.5. The number of benzene rings is 1. The number of hydrogen-bond acceptors (Lipinski definition) is 5. The summed E-state index contributed by atoms with van der Waals surface area (Å²) >= 11 is 0. The minimum absolute atomic E-state index is 0.233. The number of ether oxygens (including phenoxy) is 1. The lowest BCUT2D eigenvalue weighted by molar-refractivity contribution is 0.185. The number of aromatic nitrogens is 3. The Bertz CT molecular complexity index is 510. The van der Waals surface area contributed by atoms with Gasteiger partial charge in [0.2, 0.25) is 0 Å². The molecule has 0 aliphatic carbocycles. The van der Waals surface area contributed by atoms with Crippen LogP contribution in [-0.4, -0.2) is 33.6 Å². The monoisotopic (exact) mass is 262 g/mol. The summed E-state index contributed by atoms with van der Waals surface area (Å²) in [4.78, 5) is 0. The molecule has 3 N–H and O–H groups in total. The first-order chi connectivity index (χ1) is 9.20. The molecule has 0 bridgehead atoms. The average molecular weight is 262 g/mol. The van der Waals surface area contributed by atoms with Gasteiger partial charge in [-0.25, -0.2) is 0 Å². The van der Waals surface area contributed by atoms with Crippen LogP contribution in [0.4, 0.5) is 0 Å². The fourth-order valence-corrected chi connectivity index (χ4v) is 1.89. The predicted octanol–water partition coefficient (Wildman–Crippen LogP) is 0.873. The van der Waals surface area contributed by atoms with E-state index < -0.39 is 0 Å². The van der Waals surface area contributed by atoms with Gasteiger partial charge in [0, 0.05) is 13.7 Å². The minimum Gasteiger partial charge on any atom is -0.508 e. The normalized spacial score (nSPS) is 12.5. The number of nitrogens with zero attached hydrogens (tertiary/aromatic N) is 3. The van der Waals surface area contributed by atoms with Gasteiger partial charge in [-0.05, 0) is 24.1 Å². The van der Waals surface area contributed by atoms with E-state index in [0.717, 1.165) is 11.4 Å². The highest BCUT2D eigenvalue weighted by Gasteiger charge is 2.14. The van der Waals surface area contributed by atoms with Gasteiger partial charge in [-0.3, -0.25) is 0 Å². The second kappa shape index (κ2) is 6.31. The highest BCUT2D eigenvalue weighted by Crippen LogP contribution is 2.16. The molecule has 0 saturated heterocycles. The van der Waals surface area contributed by atoms with Crippen LogP contribution in [0.5, 0.6) is 5.75 Å². The molecular formula is C13H18N4O2. The Morgan fingerprint density at radius 3 is 2.79 bits per heavy atom. The van der Waals surface area contributed by atoms with Crippen LogP contribution in [0.3, 0.4) is 0 Å². The van der Waals surface area contributed by atoms with E-state index in [2.05, 4.69) is 10.2 Å². The van der Waals surface area contributed by atoms with Crippen LogP contribution in [0.2, 0.25) is 0 Å². The van der Waals surface area contributed by atoms with Crippen molar-refractivity contribution < 1.29 is 9.84 Å². The average Bonchev–Trinajstić information content (AvgIpc) is 2.87. The molecule has 0 radical (unpaired) electrons. The SMILES string of the molecule is COCCn1cnnc1[C@H](N)Cc1ccc(O)cc1. The van der Waals surface area contributed by atoms with Crippen LogP contribution >= 0.6 is 0 Å². The maximum absolute atomic E-state index is 9.24. The smallest absolute Gasteiger partial charge is 0.150 e. The Labute approximate surface area is 111 Å². The Morgan fingerprint density at radius 2 is 2.11 bits per heavy atom. The Hall–Kier alpha value is -1.92. The highest BCUT2D eigenvalue weighted by molar-refractivity contribution is 5.26. The maximum Gasteiger partial charge on any atom is 0.150 e. The quantitative estimate of drug-likeness (QED) is 0.806. The first-order valence-corrected chi connectivity index (χ1v) is 6.11. The lowest BCUT2D eigenvalue weighted by atomic mass is 10.1. The molecule has 6 heteroatoms. The molecule has 0 amide bonds.